The second-order valence-electron chi connectivity index (χ2n) is 4.56. The number of rotatable bonds is 9. The summed E-state index contributed by atoms with van der Waals surface area (Å²) < 4.78 is 25.3. The molecule has 0 spiro atoms. The molecule has 0 aliphatic heterocycles. The van der Waals surface area contributed by atoms with Crippen molar-refractivity contribution in [2.75, 3.05) is 11.1 Å². The van der Waals surface area contributed by atoms with E-state index in [1.54, 1.807) is 43.0 Å². The molecule has 1 heterocycles. The van der Waals surface area contributed by atoms with Crippen LogP contribution in [0.3, 0.4) is 0 Å². The summed E-state index contributed by atoms with van der Waals surface area (Å²) in [5.41, 5.74) is 0.771. The molecule has 0 aliphatic carbocycles. The minimum atomic E-state index is -2.42. The highest BCUT2D eigenvalue weighted by molar-refractivity contribution is 8.01. The van der Waals surface area contributed by atoms with E-state index in [1.165, 1.54) is 11.3 Å². The predicted molar refractivity (Wildman–Crippen MR) is 92.1 cm³/mol. The largest absolute Gasteiger partial charge is 0.330 e. The fourth-order valence-electron chi connectivity index (χ4n) is 1.64. The van der Waals surface area contributed by atoms with E-state index < -0.39 is 5.76 Å². The van der Waals surface area contributed by atoms with Crippen LogP contribution in [-0.4, -0.2) is 27.5 Å². The van der Waals surface area contributed by atoms with E-state index in [1.807, 2.05) is 0 Å². The van der Waals surface area contributed by atoms with Gasteiger partial charge in [0.2, 0.25) is 5.13 Å². The molecule has 124 valence electrons. The van der Waals surface area contributed by atoms with Crippen molar-refractivity contribution in [2.45, 2.75) is 34.8 Å². The van der Waals surface area contributed by atoms with Crippen LogP contribution in [0, 0.1) is 0 Å². The minimum absolute atomic E-state index is 0.193. The van der Waals surface area contributed by atoms with Gasteiger partial charge in [0.1, 0.15) is 5.78 Å². The van der Waals surface area contributed by atoms with Gasteiger partial charge in [-0.3, -0.25) is 0 Å². The number of thioether (sulfide) groups is 2. The summed E-state index contributed by atoms with van der Waals surface area (Å²) in [7, 11) is 0. The molecule has 0 unspecified atom stereocenters. The number of nitrogens with one attached hydrogen (secondary N) is 1. The molecule has 9 heteroatoms. The van der Waals surface area contributed by atoms with E-state index in [-0.39, 0.29) is 5.78 Å². The van der Waals surface area contributed by atoms with Crippen molar-refractivity contribution < 1.29 is 13.6 Å². The van der Waals surface area contributed by atoms with Crippen LogP contribution in [0.2, 0.25) is 0 Å². The number of ketones is 1. The Hall–Kier alpha value is -1.19. The van der Waals surface area contributed by atoms with Crippen LogP contribution in [-0.2, 0) is 4.79 Å². The monoisotopic (exact) mass is 375 g/mol. The average molecular weight is 375 g/mol. The van der Waals surface area contributed by atoms with Crippen LogP contribution in [0.25, 0.3) is 0 Å². The summed E-state index contributed by atoms with van der Waals surface area (Å²) in [5.74, 6) is -1.40. The van der Waals surface area contributed by atoms with Gasteiger partial charge < -0.3 is 10.1 Å². The molecule has 2 rings (SSSR count). The lowest BCUT2D eigenvalue weighted by Gasteiger charge is -2.03. The van der Waals surface area contributed by atoms with E-state index in [9.17, 15) is 13.6 Å². The number of nitrogens with zero attached hydrogens (tertiary/aromatic N) is 2. The Morgan fingerprint density at radius 3 is 2.70 bits per heavy atom. The van der Waals surface area contributed by atoms with Gasteiger partial charge >= 0.3 is 0 Å². The number of halogens is 2. The third-order valence-electron chi connectivity index (χ3n) is 2.64. The van der Waals surface area contributed by atoms with Gasteiger partial charge in [0.25, 0.3) is 5.76 Å². The number of aromatic nitrogens is 2. The first-order chi connectivity index (χ1) is 11.0. The molecule has 1 N–H and O–H groups in total. The summed E-state index contributed by atoms with van der Waals surface area (Å²) in [6, 6.07) is 6.73. The summed E-state index contributed by atoms with van der Waals surface area (Å²) in [6.07, 6.45) is 1.41. The number of anilines is 2. The standard InChI is InChI=1S/C14H15F2N3OS3/c1-9(20)3-2-8-21-14-19-18-13(23-14)17-10-4-6-11(7-5-10)22-12(15)16/h4-7,12H,2-3,8H2,1H3,(H,17,18). The first kappa shape index (κ1) is 18.2. The molecule has 0 saturated heterocycles. The van der Waals surface area contributed by atoms with Crippen LogP contribution in [0.5, 0.6) is 0 Å². The van der Waals surface area contributed by atoms with Gasteiger partial charge in [-0.05, 0) is 37.6 Å². The molecule has 1 aromatic carbocycles. The Morgan fingerprint density at radius 2 is 2.04 bits per heavy atom. The highest BCUT2D eigenvalue weighted by Crippen LogP contribution is 2.30. The van der Waals surface area contributed by atoms with Crippen molar-refractivity contribution in [1.82, 2.24) is 10.2 Å². The van der Waals surface area contributed by atoms with Crippen molar-refractivity contribution in [3.05, 3.63) is 24.3 Å². The second kappa shape index (κ2) is 9.19. The lowest BCUT2D eigenvalue weighted by atomic mass is 10.3. The third-order valence-corrected chi connectivity index (χ3v) is 5.42. The maximum absolute atomic E-state index is 12.3. The Labute approximate surface area is 145 Å². The fourth-order valence-corrected chi connectivity index (χ4v) is 3.92. The third kappa shape index (κ3) is 6.84. The molecule has 2 aromatic rings. The number of hydrogen-bond donors (Lipinski definition) is 1. The molecular weight excluding hydrogens is 360 g/mol. The molecule has 0 amide bonds. The van der Waals surface area contributed by atoms with Gasteiger partial charge in [-0.2, -0.15) is 8.78 Å². The Balaban J connectivity index is 1.82. The van der Waals surface area contributed by atoms with Gasteiger partial charge in [0, 0.05) is 22.8 Å². The van der Waals surface area contributed by atoms with Gasteiger partial charge in [0.05, 0.1) is 0 Å². The fraction of sp³-hybridized carbons (Fsp3) is 0.357. The Kier molecular flexibility index (Phi) is 7.25. The van der Waals surface area contributed by atoms with E-state index >= 15 is 0 Å². The molecule has 0 saturated carbocycles. The smallest absolute Gasteiger partial charge is 0.288 e. The number of carbonyl (C=O) groups is 1. The average Bonchev–Trinajstić information content (AvgIpc) is 2.92. The second-order valence-corrected chi connectivity index (χ2v) is 7.94. The molecule has 0 aliphatic rings. The molecule has 0 atom stereocenters. The highest BCUT2D eigenvalue weighted by Gasteiger charge is 2.07. The maximum atomic E-state index is 12.3. The van der Waals surface area contributed by atoms with Crippen LogP contribution in [0.1, 0.15) is 19.8 Å². The summed E-state index contributed by atoms with van der Waals surface area (Å²) in [6.45, 7) is 1.59. The number of benzene rings is 1. The van der Waals surface area contributed by atoms with E-state index in [4.69, 9.17) is 0 Å². The normalized spacial score (nSPS) is 11.0. The summed E-state index contributed by atoms with van der Waals surface area (Å²) >= 11 is 3.51. The van der Waals surface area contributed by atoms with Crippen molar-refractivity contribution in [3.63, 3.8) is 0 Å². The minimum Gasteiger partial charge on any atom is -0.330 e. The highest BCUT2D eigenvalue weighted by atomic mass is 32.2. The molecule has 0 fully saturated rings. The number of carbonyl (C=O) groups excluding carboxylic acids is 1. The lowest BCUT2D eigenvalue weighted by molar-refractivity contribution is -0.117. The number of alkyl halides is 2. The molecule has 4 nitrogen and oxygen atoms in total. The van der Waals surface area contributed by atoms with E-state index in [2.05, 4.69) is 15.5 Å². The van der Waals surface area contributed by atoms with Crippen molar-refractivity contribution in [2.24, 2.45) is 0 Å². The zero-order valence-electron chi connectivity index (χ0n) is 12.3. The predicted octanol–water partition coefficient (Wildman–Crippen LogP) is 5.06. The van der Waals surface area contributed by atoms with Crippen molar-refractivity contribution in [3.8, 4) is 0 Å². The number of Topliss-reactive ketones (excluding diaryl/α,β-unsaturated/α-hetero) is 1. The van der Waals surface area contributed by atoms with Crippen LogP contribution in [0.15, 0.2) is 33.5 Å². The molecule has 23 heavy (non-hydrogen) atoms. The van der Waals surface area contributed by atoms with Gasteiger partial charge in [-0.25, -0.2) is 0 Å². The summed E-state index contributed by atoms with van der Waals surface area (Å²) in [5, 5.41) is 11.8. The van der Waals surface area contributed by atoms with Crippen LogP contribution in [0.4, 0.5) is 19.6 Å². The first-order valence-electron chi connectivity index (χ1n) is 6.80. The SMILES string of the molecule is CC(=O)CCCSc1nnc(Nc2ccc(SC(F)F)cc2)s1. The molecule has 0 radical (unpaired) electrons. The van der Waals surface area contributed by atoms with Crippen LogP contribution >= 0.6 is 34.9 Å². The van der Waals surface area contributed by atoms with Gasteiger partial charge in [-0.15, -0.1) is 10.2 Å². The maximum Gasteiger partial charge on any atom is 0.288 e. The Morgan fingerprint density at radius 1 is 1.30 bits per heavy atom. The van der Waals surface area contributed by atoms with E-state index in [0.717, 1.165) is 22.2 Å². The molecule has 0 bridgehead atoms. The lowest BCUT2D eigenvalue weighted by Crippen LogP contribution is -1.90. The quantitative estimate of drug-likeness (QED) is 0.488. The van der Waals surface area contributed by atoms with E-state index in [0.29, 0.717) is 28.2 Å². The van der Waals surface area contributed by atoms with Crippen molar-refractivity contribution >= 4 is 51.5 Å². The molecule has 1 aromatic heterocycles. The van der Waals surface area contributed by atoms with Crippen LogP contribution < -0.4 is 5.32 Å². The Bertz CT molecular complexity index is 634. The topological polar surface area (TPSA) is 54.9 Å². The zero-order valence-corrected chi connectivity index (χ0v) is 14.7. The van der Waals surface area contributed by atoms with Crippen molar-refractivity contribution in [1.29, 1.82) is 0 Å². The summed E-state index contributed by atoms with van der Waals surface area (Å²) in [4.78, 5) is 11.4. The zero-order chi connectivity index (χ0) is 16.7. The van der Waals surface area contributed by atoms with Gasteiger partial charge in [0.15, 0.2) is 4.34 Å². The first-order valence-corrected chi connectivity index (χ1v) is 9.49. The number of hydrogen-bond acceptors (Lipinski definition) is 7. The molecular formula is C14H15F2N3OS3. The van der Waals surface area contributed by atoms with Gasteiger partial charge in [-0.1, -0.05) is 34.9 Å².